The molecule has 2 amide bonds. The van der Waals surface area contributed by atoms with Crippen molar-refractivity contribution < 1.29 is 14.3 Å². The normalized spacial score (nSPS) is 19.4. The second-order valence-electron chi connectivity index (χ2n) is 7.05. The lowest BCUT2D eigenvalue weighted by molar-refractivity contribution is -0.127. The second-order valence-corrected chi connectivity index (χ2v) is 7.48. The molecule has 1 atom stereocenters. The Labute approximate surface area is 153 Å². The maximum atomic E-state index is 12.8. The molecule has 0 radical (unpaired) electrons. The number of halogens is 1. The van der Waals surface area contributed by atoms with Crippen molar-refractivity contribution in [3.63, 3.8) is 0 Å². The highest BCUT2D eigenvalue weighted by Crippen LogP contribution is 2.33. The molecular weight excluding hydrogens is 340 g/mol. The zero-order chi connectivity index (χ0) is 18.0. The fraction of sp³-hybridized carbons (Fsp3) is 0.579. The Bertz CT molecular complexity index is 652. The largest absolute Gasteiger partial charge is 0.496 e. The lowest BCUT2D eigenvalue weighted by Crippen LogP contribution is -2.45. The predicted molar refractivity (Wildman–Crippen MR) is 97.0 cm³/mol. The number of hydrogen-bond acceptors (Lipinski definition) is 3. The molecule has 6 heteroatoms. The lowest BCUT2D eigenvalue weighted by Gasteiger charge is -2.32. The Hall–Kier alpha value is -1.75. The molecule has 1 N–H and O–H groups in total. The van der Waals surface area contributed by atoms with Crippen molar-refractivity contribution in [3.05, 3.63) is 28.8 Å². The molecule has 136 valence electrons. The van der Waals surface area contributed by atoms with E-state index in [-0.39, 0.29) is 23.8 Å². The zero-order valence-corrected chi connectivity index (χ0v) is 15.5. The van der Waals surface area contributed by atoms with Gasteiger partial charge in [-0.3, -0.25) is 9.59 Å². The predicted octanol–water partition coefficient (Wildman–Crippen LogP) is 3.12. The SMILES string of the molecule is COc1ccc(Cl)cc1C(=O)N1CCC(C(=O)N[C@@H](C)C2CC2)CC1. The number of benzene rings is 1. The van der Waals surface area contributed by atoms with Gasteiger partial charge in [0.05, 0.1) is 12.7 Å². The summed E-state index contributed by atoms with van der Waals surface area (Å²) in [6.45, 7) is 3.23. The molecule has 1 aromatic carbocycles. The summed E-state index contributed by atoms with van der Waals surface area (Å²) < 4.78 is 5.27. The summed E-state index contributed by atoms with van der Waals surface area (Å²) in [6.07, 6.45) is 3.82. The Morgan fingerprint density at radius 2 is 1.92 bits per heavy atom. The average molecular weight is 365 g/mol. The van der Waals surface area contributed by atoms with Crippen molar-refractivity contribution in [2.75, 3.05) is 20.2 Å². The van der Waals surface area contributed by atoms with Gasteiger partial charge >= 0.3 is 0 Å². The summed E-state index contributed by atoms with van der Waals surface area (Å²) in [5.41, 5.74) is 0.472. The number of nitrogens with one attached hydrogen (secondary N) is 1. The molecule has 1 heterocycles. The first kappa shape index (κ1) is 18.1. The number of rotatable bonds is 5. The third-order valence-electron chi connectivity index (χ3n) is 5.24. The van der Waals surface area contributed by atoms with Gasteiger partial charge in [-0.05, 0) is 56.7 Å². The molecule has 1 saturated carbocycles. The van der Waals surface area contributed by atoms with Gasteiger partial charge in [0.1, 0.15) is 5.75 Å². The summed E-state index contributed by atoms with van der Waals surface area (Å²) in [5.74, 6) is 1.20. The number of hydrogen-bond donors (Lipinski definition) is 1. The Balaban J connectivity index is 1.57. The molecule has 0 bridgehead atoms. The van der Waals surface area contributed by atoms with Gasteiger partial charge in [-0.1, -0.05) is 11.6 Å². The van der Waals surface area contributed by atoms with E-state index in [4.69, 9.17) is 16.3 Å². The van der Waals surface area contributed by atoms with Crippen molar-refractivity contribution in [1.29, 1.82) is 0 Å². The van der Waals surface area contributed by atoms with Gasteiger partial charge in [0.25, 0.3) is 5.91 Å². The molecule has 3 rings (SSSR count). The van der Waals surface area contributed by atoms with Crippen LogP contribution in [-0.2, 0) is 4.79 Å². The molecular formula is C19H25ClN2O3. The minimum atomic E-state index is -0.0930. The van der Waals surface area contributed by atoms with Crippen molar-refractivity contribution in [3.8, 4) is 5.75 Å². The topological polar surface area (TPSA) is 58.6 Å². The van der Waals surface area contributed by atoms with Crippen LogP contribution in [0, 0.1) is 11.8 Å². The van der Waals surface area contributed by atoms with E-state index in [1.165, 1.54) is 20.0 Å². The molecule has 2 aliphatic rings. The zero-order valence-electron chi connectivity index (χ0n) is 14.8. The van der Waals surface area contributed by atoms with E-state index in [0.29, 0.717) is 48.2 Å². The number of methoxy groups -OCH3 is 1. The third-order valence-corrected chi connectivity index (χ3v) is 5.48. The highest BCUT2D eigenvalue weighted by Gasteiger charge is 2.33. The molecule has 5 nitrogen and oxygen atoms in total. The first-order chi connectivity index (χ1) is 12.0. The van der Waals surface area contributed by atoms with E-state index in [1.54, 1.807) is 23.1 Å². The summed E-state index contributed by atoms with van der Waals surface area (Å²) in [6, 6.07) is 5.31. The first-order valence-electron chi connectivity index (χ1n) is 8.92. The molecule has 2 fully saturated rings. The summed E-state index contributed by atoms with van der Waals surface area (Å²) in [5, 5.41) is 3.64. The minimum Gasteiger partial charge on any atom is -0.496 e. The monoisotopic (exact) mass is 364 g/mol. The number of likely N-dealkylation sites (tertiary alicyclic amines) is 1. The number of piperidine rings is 1. The van der Waals surface area contributed by atoms with Gasteiger partial charge in [-0.25, -0.2) is 0 Å². The van der Waals surface area contributed by atoms with E-state index < -0.39 is 0 Å². The maximum absolute atomic E-state index is 12.8. The van der Waals surface area contributed by atoms with Crippen LogP contribution in [-0.4, -0.2) is 43.0 Å². The fourth-order valence-corrected chi connectivity index (χ4v) is 3.59. The van der Waals surface area contributed by atoms with Crippen molar-refractivity contribution in [1.82, 2.24) is 10.2 Å². The van der Waals surface area contributed by atoms with Crippen molar-refractivity contribution in [2.45, 2.75) is 38.6 Å². The van der Waals surface area contributed by atoms with Crippen LogP contribution in [0.4, 0.5) is 0 Å². The lowest BCUT2D eigenvalue weighted by atomic mass is 9.95. The standard InChI is InChI=1S/C19H25ClN2O3/c1-12(13-3-4-13)21-18(23)14-7-9-22(10-8-14)19(24)16-11-15(20)5-6-17(16)25-2/h5-6,11-14H,3-4,7-10H2,1-2H3,(H,21,23)/t12-/m0/s1. The van der Waals surface area contributed by atoms with Gasteiger partial charge in [0, 0.05) is 30.1 Å². The number of nitrogens with zero attached hydrogens (tertiary/aromatic N) is 1. The van der Waals surface area contributed by atoms with Crippen molar-refractivity contribution in [2.24, 2.45) is 11.8 Å². The van der Waals surface area contributed by atoms with Gasteiger partial charge in [0.2, 0.25) is 5.91 Å². The summed E-state index contributed by atoms with van der Waals surface area (Å²) >= 11 is 6.02. The van der Waals surface area contributed by atoms with E-state index in [9.17, 15) is 9.59 Å². The van der Waals surface area contributed by atoms with E-state index in [2.05, 4.69) is 12.2 Å². The summed E-state index contributed by atoms with van der Waals surface area (Å²) in [7, 11) is 1.54. The van der Waals surface area contributed by atoms with E-state index in [0.717, 1.165) is 0 Å². The molecule has 1 aliphatic carbocycles. The molecule has 0 spiro atoms. The van der Waals surface area contributed by atoms with Crippen LogP contribution >= 0.6 is 11.6 Å². The number of amides is 2. The van der Waals surface area contributed by atoms with Crippen molar-refractivity contribution >= 4 is 23.4 Å². The highest BCUT2D eigenvalue weighted by molar-refractivity contribution is 6.31. The number of carbonyl (C=O) groups is 2. The molecule has 25 heavy (non-hydrogen) atoms. The number of ether oxygens (including phenoxy) is 1. The molecule has 1 saturated heterocycles. The van der Waals surface area contributed by atoms with Crippen LogP contribution in [0.2, 0.25) is 5.02 Å². The van der Waals surface area contributed by atoms with Crippen LogP contribution in [0.25, 0.3) is 0 Å². The smallest absolute Gasteiger partial charge is 0.257 e. The molecule has 0 aromatic heterocycles. The molecule has 1 aromatic rings. The summed E-state index contributed by atoms with van der Waals surface area (Å²) in [4.78, 5) is 26.9. The maximum Gasteiger partial charge on any atom is 0.257 e. The van der Waals surface area contributed by atoms with Gasteiger partial charge < -0.3 is 15.0 Å². The first-order valence-corrected chi connectivity index (χ1v) is 9.30. The average Bonchev–Trinajstić information content (AvgIpc) is 3.46. The molecule has 0 unspecified atom stereocenters. The van der Waals surface area contributed by atoms with Crippen LogP contribution in [0.15, 0.2) is 18.2 Å². The van der Waals surface area contributed by atoms with Crippen LogP contribution in [0.1, 0.15) is 43.0 Å². The third kappa shape index (κ3) is 4.27. The second kappa shape index (κ2) is 7.65. The van der Waals surface area contributed by atoms with E-state index >= 15 is 0 Å². The fourth-order valence-electron chi connectivity index (χ4n) is 3.42. The minimum absolute atomic E-state index is 0.00786. The quantitative estimate of drug-likeness (QED) is 0.873. The van der Waals surface area contributed by atoms with Crippen LogP contribution in [0.5, 0.6) is 5.75 Å². The highest BCUT2D eigenvalue weighted by atomic mass is 35.5. The Kier molecular flexibility index (Phi) is 5.52. The molecule has 1 aliphatic heterocycles. The van der Waals surface area contributed by atoms with Gasteiger partial charge in [-0.2, -0.15) is 0 Å². The van der Waals surface area contributed by atoms with Gasteiger partial charge in [0.15, 0.2) is 0 Å². The Morgan fingerprint density at radius 3 is 2.52 bits per heavy atom. The van der Waals surface area contributed by atoms with Gasteiger partial charge in [-0.15, -0.1) is 0 Å². The van der Waals surface area contributed by atoms with Crippen LogP contribution < -0.4 is 10.1 Å². The Morgan fingerprint density at radius 1 is 1.24 bits per heavy atom. The van der Waals surface area contributed by atoms with Crippen LogP contribution in [0.3, 0.4) is 0 Å². The van der Waals surface area contributed by atoms with E-state index in [1.807, 2.05) is 0 Å². The number of carbonyl (C=O) groups excluding carboxylic acids is 2.